The van der Waals surface area contributed by atoms with E-state index in [1.807, 2.05) is 109 Å². The monoisotopic (exact) mass is 764 g/mol. The van der Waals surface area contributed by atoms with Gasteiger partial charge in [0.15, 0.2) is 11.5 Å². The van der Waals surface area contributed by atoms with Gasteiger partial charge in [-0.15, -0.1) is 0 Å². The molecule has 6 aromatic carbocycles. The Kier molecular flexibility index (Phi) is 7.76. The number of carbonyl (C=O) groups is 2. The second-order valence-electron chi connectivity index (χ2n) is 16.0. The molecule has 0 atom stereocenters. The molecule has 0 N–H and O–H groups in total. The summed E-state index contributed by atoms with van der Waals surface area (Å²) < 4.78 is 22.9. The molecule has 8 nitrogen and oxygen atoms in total. The molecule has 8 heteroatoms. The molecule has 4 heterocycles. The van der Waals surface area contributed by atoms with Crippen molar-refractivity contribution in [1.82, 2.24) is 0 Å². The fourth-order valence-electron chi connectivity index (χ4n) is 9.13. The minimum absolute atomic E-state index is 0.146. The number of carbonyl (C=O) groups excluding carboxylic acids is 2. The van der Waals surface area contributed by atoms with Crippen LogP contribution in [-0.4, -0.2) is 26.2 Å². The molecule has 6 aromatic rings. The molecule has 4 aliphatic heterocycles. The van der Waals surface area contributed by atoms with Gasteiger partial charge in [0.2, 0.25) is 0 Å². The van der Waals surface area contributed by atoms with E-state index in [-0.39, 0.29) is 22.7 Å². The molecule has 4 aliphatic rings. The molecule has 0 aromatic heterocycles. The first kappa shape index (κ1) is 35.4. The van der Waals surface area contributed by atoms with Crippen molar-refractivity contribution in [2.24, 2.45) is 0 Å². The van der Waals surface area contributed by atoms with E-state index in [1.54, 1.807) is 14.2 Å². The highest BCUT2D eigenvalue weighted by Gasteiger charge is 2.46. The highest BCUT2D eigenvalue weighted by Crippen LogP contribution is 2.55. The second-order valence-corrected chi connectivity index (χ2v) is 16.0. The first-order valence-electron chi connectivity index (χ1n) is 19.3. The van der Waals surface area contributed by atoms with Gasteiger partial charge in [-0.1, -0.05) is 76.2 Å². The van der Waals surface area contributed by atoms with Crippen LogP contribution in [0.15, 0.2) is 145 Å². The summed E-state index contributed by atoms with van der Waals surface area (Å²) in [4.78, 5) is 32.3. The summed E-state index contributed by atoms with van der Waals surface area (Å²) in [5.41, 5.74) is 11.2. The van der Waals surface area contributed by atoms with Gasteiger partial charge in [-0.25, -0.2) is 9.59 Å². The van der Waals surface area contributed by atoms with Crippen LogP contribution in [0.25, 0.3) is 11.1 Å². The van der Waals surface area contributed by atoms with Gasteiger partial charge in [0.25, 0.3) is 0 Å². The zero-order chi connectivity index (χ0) is 40.1. The molecule has 58 heavy (non-hydrogen) atoms. The molecular formula is C50H40N2O6. The van der Waals surface area contributed by atoms with Crippen LogP contribution in [0.4, 0.5) is 34.1 Å². The van der Waals surface area contributed by atoms with E-state index in [0.717, 1.165) is 67.9 Å². The summed E-state index contributed by atoms with van der Waals surface area (Å²) in [7, 11) is 3.31. The van der Waals surface area contributed by atoms with Gasteiger partial charge < -0.3 is 28.7 Å². The van der Waals surface area contributed by atoms with Gasteiger partial charge in [-0.05, 0) is 118 Å². The predicted molar refractivity (Wildman–Crippen MR) is 226 cm³/mol. The number of hydrogen-bond acceptors (Lipinski definition) is 8. The van der Waals surface area contributed by atoms with Crippen LogP contribution < -0.4 is 19.3 Å². The van der Waals surface area contributed by atoms with E-state index >= 15 is 0 Å². The molecule has 0 unspecified atom stereocenters. The third kappa shape index (κ3) is 5.07. The SMILES string of the molecule is COc1ccc(N2c3ccccc3C(C)(C)c3cc(C4=C5OC(=O)C(c6ccc7c(c6)C(C)(C)c6ccccc6N7c6ccc(OC)cc6)=C5OC4=O)ccc32)cc1. The van der Waals surface area contributed by atoms with Crippen molar-refractivity contribution in [3.05, 3.63) is 178 Å². The molecule has 0 spiro atoms. The lowest BCUT2D eigenvalue weighted by Gasteiger charge is -2.42. The van der Waals surface area contributed by atoms with Gasteiger partial charge in [0.05, 0.1) is 37.0 Å². The van der Waals surface area contributed by atoms with Crippen molar-refractivity contribution in [1.29, 1.82) is 0 Å². The number of benzene rings is 6. The molecule has 0 fully saturated rings. The van der Waals surface area contributed by atoms with E-state index in [0.29, 0.717) is 11.1 Å². The summed E-state index contributed by atoms with van der Waals surface area (Å²) in [6, 6.07) is 44.7. The van der Waals surface area contributed by atoms with Gasteiger partial charge in [-0.2, -0.15) is 0 Å². The number of methoxy groups -OCH3 is 2. The largest absolute Gasteiger partial charge is 0.497 e. The lowest BCUT2D eigenvalue weighted by Crippen LogP contribution is -2.30. The van der Waals surface area contributed by atoms with Crippen molar-refractivity contribution < 1.29 is 28.5 Å². The molecule has 0 radical (unpaired) electrons. The Balaban J connectivity index is 1.09. The van der Waals surface area contributed by atoms with Crippen LogP contribution in [0.3, 0.4) is 0 Å². The highest BCUT2D eigenvalue weighted by molar-refractivity contribution is 6.29. The van der Waals surface area contributed by atoms with Crippen LogP contribution in [0.2, 0.25) is 0 Å². The molecule has 286 valence electrons. The number of rotatable bonds is 6. The van der Waals surface area contributed by atoms with E-state index in [1.165, 1.54) is 0 Å². The van der Waals surface area contributed by atoms with Crippen molar-refractivity contribution >= 4 is 57.2 Å². The number of nitrogens with zero attached hydrogens (tertiary/aromatic N) is 2. The Morgan fingerprint density at radius 2 is 0.810 bits per heavy atom. The Labute approximate surface area is 337 Å². The quantitative estimate of drug-likeness (QED) is 0.155. The number of esters is 2. The Morgan fingerprint density at radius 1 is 0.448 bits per heavy atom. The van der Waals surface area contributed by atoms with E-state index < -0.39 is 22.8 Å². The smallest absolute Gasteiger partial charge is 0.348 e. The molecular weight excluding hydrogens is 725 g/mol. The van der Waals surface area contributed by atoms with Crippen LogP contribution in [0.1, 0.15) is 61.1 Å². The normalized spacial score (nSPS) is 16.9. The number of hydrogen-bond donors (Lipinski definition) is 0. The van der Waals surface area contributed by atoms with Crippen molar-refractivity contribution in [3.63, 3.8) is 0 Å². The van der Waals surface area contributed by atoms with E-state index in [2.05, 4.69) is 61.8 Å². The Morgan fingerprint density at radius 3 is 1.19 bits per heavy atom. The van der Waals surface area contributed by atoms with E-state index in [4.69, 9.17) is 18.9 Å². The summed E-state index contributed by atoms with van der Waals surface area (Å²) in [6.07, 6.45) is 0. The third-order valence-corrected chi connectivity index (χ3v) is 12.2. The summed E-state index contributed by atoms with van der Waals surface area (Å²) in [6.45, 7) is 8.76. The Hall–Kier alpha value is -7.06. The first-order chi connectivity index (χ1) is 28.0. The molecule has 0 aliphatic carbocycles. The zero-order valence-corrected chi connectivity index (χ0v) is 33.0. The number of fused-ring (bicyclic) bond motifs is 5. The van der Waals surface area contributed by atoms with Crippen LogP contribution in [-0.2, 0) is 29.9 Å². The predicted octanol–water partition coefficient (Wildman–Crippen LogP) is 11.2. The lowest BCUT2D eigenvalue weighted by molar-refractivity contribution is -0.131. The summed E-state index contributed by atoms with van der Waals surface area (Å²) >= 11 is 0. The molecule has 0 saturated heterocycles. The van der Waals surface area contributed by atoms with E-state index in [9.17, 15) is 9.59 Å². The van der Waals surface area contributed by atoms with Gasteiger partial charge in [0, 0.05) is 22.2 Å². The first-order valence-corrected chi connectivity index (χ1v) is 19.3. The van der Waals surface area contributed by atoms with Crippen LogP contribution >= 0.6 is 0 Å². The van der Waals surface area contributed by atoms with Crippen molar-refractivity contribution in [2.45, 2.75) is 38.5 Å². The second kappa shape index (κ2) is 12.7. The average Bonchev–Trinajstić information content (AvgIpc) is 3.73. The molecule has 10 rings (SSSR count). The minimum Gasteiger partial charge on any atom is -0.497 e. The van der Waals surface area contributed by atoms with Crippen LogP contribution in [0.5, 0.6) is 11.5 Å². The topological polar surface area (TPSA) is 77.5 Å². The molecule has 0 bridgehead atoms. The Bertz CT molecular complexity index is 2600. The minimum atomic E-state index is -0.561. The van der Waals surface area contributed by atoms with Gasteiger partial charge in [-0.3, -0.25) is 0 Å². The number of para-hydroxylation sites is 2. The fourth-order valence-corrected chi connectivity index (χ4v) is 9.13. The van der Waals surface area contributed by atoms with Gasteiger partial charge in [0.1, 0.15) is 22.6 Å². The summed E-state index contributed by atoms with van der Waals surface area (Å²) in [5.74, 6) is 0.712. The molecule has 0 amide bonds. The number of ether oxygens (including phenoxy) is 4. The standard InChI is InChI=1S/C50H40N2O6/c1-49(2)35-11-7-9-13-39(35)51(31-17-21-33(55-5)22-18-31)41-25-15-29(27-37(41)49)43-45-46(58-47(43)53)44(48(54)57-45)30-16-26-42-38(28-30)50(3,4)36-12-8-10-14-40(36)52(42)32-19-23-34(56-6)24-20-32/h7-28H,1-6H3. The maximum absolute atomic E-state index is 13.9. The maximum Gasteiger partial charge on any atom is 0.348 e. The maximum atomic E-state index is 13.9. The number of anilines is 6. The summed E-state index contributed by atoms with van der Waals surface area (Å²) in [5, 5.41) is 0. The van der Waals surface area contributed by atoms with Gasteiger partial charge >= 0.3 is 11.9 Å². The van der Waals surface area contributed by atoms with Crippen molar-refractivity contribution in [2.75, 3.05) is 24.0 Å². The lowest BCUT2D eigenvalue weighted by atomic mass is 9.72. The zero-order valence-electron chi connectivity index (χ0n) is 33.0. The fraction of sp³-hybridized carbons (Fsp3) is 0.160. The van der Waals surface area contributed by atoms with Crippen LogP contribution in [0, 0.1) is 0 Å². The third-order valence-electron chi connectivity index (χ3n) is 12.2. The van der Waals surface area contributed by atoms with Crippen molar-refractivity contribution in [3.8, 4) is 11.5 Å². The highest BCUT2D eigenvalue weighted by atomic mass is 16.6. The average molecular weight is 765 g/mol. The molecule has 0 saturated carbocycles.